The van der Waals surface area contributed by atoms with Crippen molar-refractivity contribution in [2.75, 3.05) is 19.6 Å². The van der Waals surface area contributed by atoms with Crippen LogP contribution in [0.5, 0.6) is 0 Å². The second-order valence-electron chi connectivity index (χ2n) is 3.25. The van der Waals surface area contributed by atoms with Gasteiger partial charge in [0.25, 0.3) is 0 Å². The lowest BCUT2D eigenvalue weighted by Gasteiger charge is -2.24. The van der Waals surface area contributed by atoms with Crippen molar-refractivity contribution < 1.29 is 14.4 Å². The van der Waals surface area contributed by atoms with E-state index in [0.717, 1.165) is 0 Å². The summed E-state index contributed by atoms with van der Waals surface area (Å²) in [5, 5.41) is 2.20. The van der Waals surface area contributed by atoms with E-state index in [2.05, 4.69) is 5.32 Å². The maximum Gasteiger partial charge on any atom is 0.240 e. The fraction of sp³-hybridized carbons (Fsp3) is 0.625. The zero-order chi connectivity index (χ0) is 10.6. The van der Waals surface area contributed by atoms with Gasteiger partial charge in [0, 0.05) is 6.42 Å². The molecule has 0 atom stereocenters. The van der Waals surface area contributed by atoms with Crippen molar-refractivity contribution in [3.8, 4) is 0 Å². The molecule has 0 unspecified atom stereocenters. The third-order valence-electron chi connectivity index (χ3n) is 1.91. The van der Waals surface area contributed by atoms with Gasteiger partial charge in [-0.3, -0.25) is 24.6 Å². The molecular weight excluding hydrogens is 186 g/mol. The van der Waals surface area contributed by atoms with E-state index in [9.17, 15) is 14.4 Å². The number of hydrogen-bond donors (Lipinski definition) is 2. The lowest BCUT2D eigenvalue weighted by molar-refractivity contribution is -0.136. The maximum atomic E-state index is 10.9. The molecule has 3 N–H and O–H groups in total. The molecule has 1 rings (SSSR count). The number of nitrogens with zero attached hydrogens (tertiary/aromatic N) is 1. The van der Waals surface area contributed by atoms with Crippen LogP contribution in [0.2, 0.25) is 0 Å². The van der Waals surface area contributed by atoms with Crippen LogP contribution in [0, 0.1) is 0 Å². The summed E-state index contributed by atoms with van der Waals surface area (Å²) < 4.78 is 0. The Hall–Kier alpha value is -1.43. The molecule has 78 valence electrons. The standard InChI is InChI=1S/C8H13N3O3/c9-6(12)2-1-3-11-4-7(13)10-8(14)5-11/h1-5H2,(H2,9,12)(H,10,13,14). The molecule has 0 aliphatic carbocycles. The van der Waals surface area contributed by atoms with E-state index in [-0.39, 0.29) is 37.2 Å². The highest BCUT2D eigenvalue weighted by molar-refractivity contribution is 5.99. The molecule has 1 aliphatic heterocycles. The summed E-state index contributed by atoms with van der Waals surface area (Å²) in [4.78, 5) is 34.0. The minimum atomic E-state index is -0.363. The fourth-order valence-corrected chi connectivity index (χ4v) is 1.33. The summed E-state index contributed by atoms with van der Waals surface area (Å²) in [6.07, 6.45) is 0.863. The van der Waals surface area contributed by atoms with Crippen molar-refractivity contribution in [3.05, 3.63) is 0 Å². The van der Waals surface area contributed by atoms with Gasteiger partial charge in [0.1, 0.15) is 0 Å². The van der Waals surface area contributed by atoms with Gasteiger partial charge in [-0.1, -0.05) is 0 Å². The Morgan fingerprint density at radius 2 is 1.93 bits per heavy atom. The average molecular weight is 199 g/mol. The van der Waals surface area contributed by atoms with Crippen LogP contribution in [0.4, 0.5) is 0 Å². The summed E-state index contributed by atoms with van der Waals surface area (Å²) in [5.74, 6) is -0.946. The highest BCUT2D eigenvalue weighted by atomic mass is 16.2. The minimum Gasteiger partial charge on any atom is -0.370 e. The van der Waals surface area contributed by atoms with Crippen molar-refractivity contribution in [1.82, 2.24) is 10.2 Å². The Labute approximate surface area is 81.4 Å². The smallest absolute Gasteiger partial charge is 0.240 e. The molecule has 1 aliphatic rings. The number of hydrogen-bond acceptors (Lipinski definition) is 4. The molecule has 1 saturated heterocycles. The topological polar surface area (TPSA) is 92.5 Å². The molecule has 6 heteroatoms. The minimum absolute atomic E-state index is 0.213. The highest BCUT2D eigenvalue weighted by Crippen LogP contribution is 1.98. The number of primary amides is 1. The molecule has 6 nitrogen and oxygen atoms in total. The van der Waals surface area contributed by atoms with Gasteiger partial charge >= 0.3 is 0 Å². The summed E-state index contributed by atoms with van der Waals surface area (Å²) in [7, 11) is 0. The van der Waals surface area contributed by atoms with Gasteiger partial charge in [-0.15, -0.1) is 0 Å². The molecule has 0 bridgehead atoms. The fourth-order valence-electron chi connectivity index (χ4n) is 1.33. The van der Waals surface area contributed by atoms with Crippen molar-refractivity contribution in [2.24, 2.45) is 5.73 Å². The summed E-state index contributed by atoms with van der Waals surface area (Å²) in [6.45, 7) is 0.969. The van der Waals surface area contributed by atoms with E-state index in [4.69, 9.17) is 5.73 Å². The van der Waals surface area contributed by atoms with E-state index in [0.29, 0.717) is 13.0 Å². The summed E-state index contributed by atoms with van der Waals surface area (Å²) in [5.41, 5.74) is 4.96. The van der Waals surface area contributed by atoms with E-state index >= 15 is 0 Å². The van der Waals surface area contributed by atoms with Crippen molar-refractivity contribution in [3.63, 3.8) is 0 Å². The predicted octanol–water partition coefficient (Wildman–Crippen LogP) is -1.79. The average Bonchev–Trinajstić information content (AvgIpc) is 2.01. The molecule has 1 fully saturated rings. The van der Waals surface area contributed by atoms with Crippen molar-refractivity contribution >= 4 is 17.7 Å². The van der Waals surface area contributed by atoms with Crippen molar-refractivity contribution in [1.29, 1.82) is 0 Å². The first-order valence-electron chi connectivity index (χ1n) is 4.41. The van der Waals surface area contributed by atoms with E-state index in [1.807, 2.05) is 0 Å². The van der Waals surface area contributed by atoms with Crippen LogP contribution >= 0.6 is 0 Å². The van der Waals surface area contributed by atoms with Gasteiger partial charge in [0.05, 0.1) is 13.1 Å². The molecule has 0 saturated carbocycles. The number of amides is 3. The van der Waals surface area contributed by atoms with Crippen molar-refractivity contribution in [2.45, 2.75) is 12.8 Å². The Morgan fingerprint density at radius 1 is 1.36 bits per heavy atom. The third-order valence-corrected chi connectivity index (χ3v) is 1.91. The number of piperazine rings is 1. The monoisotopic (exact) mass is 199 g/mol. The second-order valence-corrected chi connectivity index (χ2v) is 3.25. The van der Waals surface area contributed by atoms with Crippen LogP contribution in [0.15, 0.2) is 0 Å². The normalized spacial score (nSPS) is 18.0. The number of imide groups is 1. The number of nitrogens with one attached hydrogen (secondary N) is 1. The van der Waals surface area contributed by atoms with Gasteiger partial charge in [-0.25, -0.2) is 0 Å². The highest BCUT2D eigenvalue weighted by Gasteiger charge is 2.21. The van der Waals surface area contributed by atoms with Gasteiger partial charge in [-0.05, 0) is 13.0 Å². The molecule has 3 amide bonds. The van der Waals surface area contributed by atoms with Crippen LogP contribution in [-0.4, -0.2) is 42.3 Å². The number of rotatable bonds is 4. The lowest BCUT2D eigenvalue weighted by Crippen LogP contribution is -2.51. The summed E-state index contributed by atoms with van der Waals surface area (Å²) >= 11 is 0. The lowest BCUT2D eigenvalue weighted by atomic mass is 10.2. The predicted molar refractivity (Wildman–Crippen MR) is 48.0 cm³/mol. The molecule has 14 heavy (non-hydrogen) atoms. The van der Waals surface area contributed by atoms with Gasteiger partial charge in [-0.2, -0.15) is 0 Å². The number of nitrogens with two attached hydrogens (primary N) is 1. The molecule has 0 radical (unpaired) electrons. The number of carbonyl (C=O) groups is 3. The Bertz CT molecular complexity index is 249. The molecule has 0 aromatic carbocycles. The van der Waals surface area contributed by atoms with Crippen LogP contribution in [0.25, 0.3) is 0 Å². The Kier molecular flexibility index (Phi) is 3.58. The first-order chi connectivity index (χ1) is 6.58. The quantitative estimate of drug-likeness (QED) is 0.523. The second kappa shape index (κ2) is 4.71. The van der Waals surface area contributed by atoms with Crippen LogP contribution < -0.4 is 11.1 Å². The molecular formula is C8H13N3O3. The summed E-state index contributed by atoms with van der Waals surface area (Å²) in [6, 6.07) is 0. The van der Waals surface area contributed by atoms with Crippen LogP contribution in [-0.2, 0) is 14.4 Å². The van der Waals surface area contributed by atoms with Gasteiger partial charge in [0.15, 0.2) is 0 Å². The zero-order valence-electron chi connectivity index (χ0n) is 7.78. The first kappa shape index (κ1) is 10.6. The SMILES string of the molecule is NC(=O)CCCN1CC(=O)NC(=O)C1. The number of carbonyl (C=O) groups excluding carboxylic acids is 3. The molecule has 0 aromatic rings. The third kappa shape index (κ3) is 3.53. The molecule has 1 heterocycles. The van der Waals surface area contributed by atoms with Gasteiger partial charge < -0.3 is 5.73 Å². The Balaban J connectivity index is 2.27. The van der Waals surface area contributed by atoms with Crippen LogP contribution in [0.3, 0.4) is 0 Å². The Morgan fingerprint density at radius 3 is 2.43 bits per heavy atom. The van der Waals surface area contributed by atoms with Crippen LogP contribution in [0.1, 0.15) is 12.8 Å². The molecule has 0 aromatic heterocycles. The van der Waals surface area contributed by atoms with E-state index < -0.39 is 0 Å². The first-order valence-corrected chi connectivity index (χ1v) is 4.41. The zero-order valence-corrected chi connectivity index (χ0v) is 7.78. The van der Waals surface area contributed by atoms with E-state index in [1.165, 1.54) is 0 Å². The maximum absolute atomic E-state index is 10.9. The van der Waals surface area contributed by atoms with E-state index in [1.54, 1.807) is 4.90 Å². The molecule has 0 spiro atoms. The van der Waals surface area contributed by atoms with Gasteiger partial charge in [0.2, 0.25) is 17.7 Å². The largest absolute Gasteiger partial charge is 0.370 e.